The maximum Gasteiger partial charge on any atom is 0.220 e. The second kappa shape index (κ2) is 9.67. The monoisotopic (exact) mass is 512 g/mol. The lowest BCUT2D eigenvalue weighted by molar-refractivity contribution is -0.479. The lowest BCUT2D eigenvalue weighted by Gasteiger charge is -2.18. The first-order valence-corrected chi connectivity index (χ1v) is 10.8. The van der Waals surface area contributed by atoms with E-state index in [0.717, 1.165) is 5.69 Å². The highest BCUT2D eigenvalue weighted by molar-refractivity contribution is 9.10. The summed E-state index contributed by atoms with van der Waals surface area (Å²) in [7, 11) is 3.05. The van der Waals surface area contributed by atoms with Crippen LogP contribution in [0.4, 0.5) is 0 Å². The molecule has 11 heteroatoms. The summed E-state index contributed by atoms with van der Waals surface area (Å²) in [5.74, 6) is 1.67. The second-order valence-electron chi connectivity index (χ2n) is 6.19. The minimum Gasteiger partial charge on any atom is -0.493 e. The number of aromatic nitrogens is 3. The third kappa shape index (κ3) is 4.88. The first-order valence-electron chi connectivity index (χ1n) is 8.71. The SMILES string of the molecule is COc1cc(Br)c([C@@H](C[N+](=O)[O-])Sc2nnc(C)n2-c2ccc(Cl)cc2)cc1OC. The third-order valence-corrected chi connectivity index (χ3v) is 6.39. The van der Waals surface area contributed by atoms with Crippen LogP contribution in [0, 0.1) is 17.0 Å². The quantitative estimate of drug-likeness (QED) is 0.234. The molecule has 0 bridgehead atoms. The molecule has 8 nitrogen and oxygen atoms in total. The van der Waals surface area contributed by atoms with Crippen molar-refractivity contribution in [1.82, 2.24) is 14.8 Å². The summed E-state index contributed by atoms with van der Waals surface area (Å²) in [5.41, 5.74) is 1.51. The summed E-state index contributed by atoms with van der Waals surface area (Å²) < 4.78 is 13.2. The first-order chi connectivity index (χ1) is 14.3. The molecule has 1 aromatic heterocycles. The average Bonchev–Trinajstić information content (AvgIpc) is 3.07. The number of aryl methyl sites for hydroxylation is 1. The van der Waals surface area contributed by atoms with E-state index in [1.165, 1.54) is 26.0 Å². The Morgan fingerprint density at radius 1 is 1.20 bits per heavy atom. The van der Waals surface area contributed by atoms with Gasteiger partial charge in [0.1, 0.15) is 11.1 Å². The van der Waals surface area contributed by atoms with E-state index in [9.17, 15) is 10.1 Å². The number of hydrogen-bond donors (Lipinski definition) is 0. The van der Waals surface area contributed by atoms with E-state index in [0.29, 0.717) is 37.5 Å². The van der Waals surface area contributed by atoms with Gasteiger partial charge in [-0.1, -0.05) is 39.3 Å². The van der Waals surface area contributed by atoms with Crippen LogP contribution >= 0.6 is 39.3 Å². The van der Waals surface area contributed by atoms with Gasteiger partial charge in [0.05, 0.1) is 14.2 Å². The molecular weight excluding hydrogens is 496 g/mol. The van der Waals surface area contributed by atoms with Crippen molar-refractivity contribution in [3.63, 3.8) is 0 Å². The molecule has 3 aromatic rings. The molecule has 0 saturated carbocycles. The molecule has 1 heterocycles. The topological polar surface area (TPSA) is 92.3 Å². The lowest BCUT2D eigenvalue weighted by atomic mass is 10.1. The molecule has 0 aliphatic heterocycles. The number of methoxy groups -OCH3 is 2. The molecular formula is C19H18BrClN4O4S. The summed E-state index contributed by atoms with van der Waals surface area (Å²) in [6, 6.07) is 10.7. The molecule has 3 rings (SSSR count). The first kappa shape index (κ1) is 22.4. The standard InChI is InChI=1S/C19H18BrClN4O4S/c1-11-22-23-19(25(11)13-6-4-12(21)5-7-13)30-18(10-24(26)27)14-8-16(28-2)17(29-3)9-15(14)20/h4-9,18H,10H2,1-3H3/t18-/m1/s1. The normalized spacial score (nSPS) is 11.9. The maximum atomic E-state index is 11.4. The van der Waals surface area contributed by atoms with Crippen LogP contribution in [0.25, 0.3) is 5.69 Å². The number of thioether (sulfide) groups is 1. The van der Waals surface area contributed by atoms with Gasteiger partial charge in [0, 0.05) is 20.1 Å². The molecule has 0 N–H and O–H groups in total. The van der Waals surface area contributed by atoms with Crippen LogP contribution in [0.15, 0.2) is 46.0 Å². The smallest absolute Gasteiger partial charge is 0.220 e. The van der Waals surface area contributed by atoms with E-state index in [2.05, 4.69) is 26.1 Å². The van der Waals surface area contributed by atoms with Crippen molar-refractivity contribution < 1.29 is 14.4 Å². The Hall–Kier alpha value is -2.30. The molecule has 0 fully saturated rings. The van der Waals surface area contributed by atoms with E-state index in [4.69, 9.17) is 21.1 Å². The predicted octanol–water partition coefficient (Wildman–Crippen LogP) is 5.12. The molecule has 30 heavy (non-hydrogen) atoms. The van der Waals surface area contributed by atoms with E-state index >= 15 is 0 Å². The Balaban J connectivity index is 2.04. The van der Waals surface area contributed by atoms with Crippen LogP contribution in [0.5, 0.6) is 11.5 Å². The zero-order valence-electron chi connectivity index (χ0n) is 16.3. The van der Waals surface area contributed by atoms with Crippen LogP contribution in [-0.2, 0) is 0 Å². The molecule has 0 amide bonds. The van der Waals surface area contributed by atoms with Crippen molar-refractivity contribution in [2.24, 2.45) is 0 Å². The highest BCUT2D eigenvalue weighted by atomic mass is 79.9. The molecule has 0 aliphatic carbocycles. The number of benzene rings is 2. The highest BCUT2D eigenvalue weighted by Gasteiger charge is 2.27. The zero-order chi connectivity index (χ0) is 21.8. The summed E-state index contributed by atoms with van der Waals surface area (Å²) in [6.07, 6.45) is 0. The minimum atomic E-state index is -0.552. The lowest BCUT2D eigenvalue weighted by Crippen LogP contribution is -2.12. The van der Waals surface area contributed by atoms with Crippen molar-refractivity contribution >= 4 is 39.3 Å². The largest absolute Gasteiger partial charge is 0.493 e. The third-order valence-electron chi connectivity index (χ3n) is 4.29. The predicted molar refractivity (Wildman–Crippen MR) is 119 cm³/mol. The number of ether oxygens (including phenoxy) is 2. The van der Waals surface area contributed by atoms with Crippen molar-refractivity contribution in [3.05, 3.63) is 67.4 Å². The molecule has 0 aliphatic rings. The van der Waals surface area contributed by atoms with Crippen molar-refractivity contribution in [2.75, 3.05) is 20.8 Å². The van der Waals surface area contributed by atoms with Crippen LogP contribution in [0.3, 0.4) is 0 Å². The van der Waals surface area contributed by atoms with Crippen molar-refractivity contribution in [2.45, 2.75) is 17.3 Å². The number of hydrogen-bond acceptors (Lipinski definition) is 7. The van der Waals surface area contributed by atoms with Crippen LogP contribution < -0.4 is 9.47 Å². The summed E-state index contributed by atoms with van der Waals surface area (Å²) in [4.78, 5) is 11.1. The summed E-state index contributed by atoms with van der Waals surface area (Å²) >= 11 is 10.8. The van der Waals surface area contributed by atoms with Gasteiger partial charge in [0.25, 0.3) is 0 Å². The summed E-state index contributed by atoms with van der Waals surface area (Å²) in [6.45, 7) is 1.51. The Labute approximate surface area is 190 Å². The van der Waals surface area contributed by atoms with E-state index in [1.54, 1.807) is 24.3 Å². The van der Waals surface area contributed by atoms with Gasteiger partial charge < -0.3 is 9.47 Å². The fourth-order valence-corrected chi connectivity index (χ4v) is 4.96. The van der Waals surface area contributed by atoms with Crippen molar-refractivity contribution in [3.8, 4) is 17.2 Å². The summed E-state index contributed by atoms with van der Waals surface area (Å²) in [5, 5.41) is 20.4. The molecule has 158 valence electrons. The highest BCUT2D eigenvalue weighted by Crippen LogP contribution is 2.43. The Kier molecular flexibility index (Phi) is 7.22. The molecule has 0 radical (unpaired) electrons. The van der Waals surface area contributed by atoms with E-state index in [-0.39, 0.29) is 11.5 Å². The maximum absolute atomic E-state index is 11.4. The number of nitrogens with zero attached hydrogens (tertiary/aromatic N) is 4. The second-order valence-corrected chi connectivity index (χ2v) is 8.65. The van der Waals surface area contributed by atoms with Crippen molar-refractivity contribution in [1.29, 1.82) is 0 Å². The van der Waals surface area contributed by atoms with Gasteiger partial charge >= 0.3 is 0 Å². The van der Waals surface area contributed by atoms with Gasteiger partial charge in [-0.25, -0.2) is 0 Å². The molecule has 2 aromatic carbocycles. The van der Waals surface area contributed by atoms with Gasteiger partial charge in [-0.2, -0.15) is 0 Å². The molecule has 0 saturated heterocycles. The Morgan fingerprint density at radius 2 is 1.83 bits per heavy atom. The van der Waals surface area contributed by atoms with E-state index < -0.39 is 5.25 Å². The van der Waals surface area contributed by atoms with Gasteiger partial charge in [-0.05, 0) is 48.9 Å². The van der Waals surface area contributed by atoms with Crippen LogP contribution in [-0.4, -0.2) is 40.5 Å². The molecule has 0 spiro atoms. The number of rotatable bonds is 8. The average molecular weight is 514 g/mol. The van der Waals surface area contributed by atoms with Gasteiger partial charge in [-0.3, -0.25) is 14.7 Å². The van der Waals surface area contributed by atoms with Crippen LogP contribution in [0.1, 0.15) is 16.6 Å². The van der Waals surface area contributed by atoms with Gasteiger partial charge in [0.2, 0.25) is 6.54 Å². The van der Waals surface area contributed by atoms with Crippen LogP contribution in [0.2, 0.25) is 5.02 Å². The molecule has 1 atom stereocenters. The number of nitro groups is 1. The Bertz CT molecular complexity index is 1060. The van der Waals surface area contributed by atoms with Gasteiger partial charge in [0.15, 0.2) is 16.7 Å². The zero-order valence-corrected chi connectivity index (χ0v) is 19.5. The Morgan fingerprint density at radius 3 is 2.43 bits per heavy atom. The van der Waals surface area contributed by atoms with E-state index in [1.807, 2.05) is 23.6 Å². The van der Waals surface area contributed by atoms with Gasteiger partial charge in [-0.15, -0.1) is 10.2 Å². The fraction of sp³-hybridized carbons (Fsp3) is 0.263. The minimum absolute atomic E-state index is 0.314. The molecule has 0 unspecified atom stereocenters. The fourth-order valence-electron chi connectivity index (χ4n) is 2.89. The number of halogens is 2.